The Bertz CT molecular complexity index is 598. The molecule has 1 aliphatic carbocycles. The van der Waals surface area contributed by atoms with Gasteiger partial charge in [0.2, 0.25) is 0 Å². The zero-order valence-corrected chi connectivity index (χ0v) is 11.2. The van der Waals surface area contributed by atoms with Gasteiger partial charge in [0.1, 0.15) is 0 Å². The van der Waals surface area contributed by atoms with Gasteiger partial charge < -0.3 is 10.2 Å². The summed E-state index contributed by atoms with van der Waals surface area (Å²) >= 11 is 0. The molecule has 20 heavy (non-hydrogen) atoms. The third-order valence-corrected chi connectivity index (χ3v) is 3.67. The van der Waals surface area contributed by atoms with Crippen molar-refractivity contribution in [2.45, 2.75) is 19.8 Å². The molecule has 1 aromatic rings. The van der Waals surface area contributed by atoms with E-state index in [1.165, 1.54) is 0 Å². The molecule has 2 N–H and O–H groups in total. The Kier molecular flexibility index (Phi) is 3.74. The molecule has 0 spiro atoms. The van der Waals surface area contributed by atoms with Crippen LogP contribution in [-0.2, 0) is 16.0 Å². The summed E-state index contributed by atoms with van der Waals surface area (Å²) in [6, 6.07) is 9.25. The lowest BCUT2D eigenvalue weighted by molar-refractivity contribution is -0.146. The zero-order chi connectivity index (χ0) is 14.8. The second-order valence-electron chi connectivity index (χ2n) is 5.10. The fourth-order valence-corrected chi connectivity index (χ4v) is 2.45. The minimum Gasteiger partial charge on any atom is -0.481 e. The number of hydrogen-bond donors (Lipinski definition) is 2. The van der Waals surface area contributed by atoms with E-state index < -0.39 is 17.4 Å². The number of carboxylic acids is 2. The van der Waals surface area contributed by atoms with E-state index in [9.17, 15) is 19.8 Å². The molecule has 1 atom stereocenters. The highest BCUT2D eigenvalue weighted by atomic mass is 16.4. The molecular formula is C16H16O4. The molecule has 4 nitrogen and oxygen atoms in total. The van der Waals surface area contributed by atoms with Crippen molar-refractivity contribution in [3.8, 4) is 0 Å². The second kappa shape index (κ2) is 5.33. The normalized spacial score (nSPS) is 21.9. The van der Waals surface area contributed by atoms with Crippen LogP contribution in [0.4, 0.5) is 0 Å². The van der Waals surface area contributed by atoms with E-state index in [0.717, 1.165) is 5.56 Å². The Morgan fingerprint density at radius 3 is 2.40 bits per heavy atom. The Hall–Kier alpha value is -2.36. The molecular weight excluding hydrogens is 256 g/mol. The summed E-state index contributed by atoms with van der Waals surface area (Å²) in [5.74, 6) is -2.05. The van der Waals surface area contributed by atoms with Crippen molar-refractivity contribution in [2.24, 2.45) is 5.41 Å². The van der Waals surface area contributed by atoms with Crippen molar-refractivity contribution in [1.82, 2.24) is 0 Å². The molecule has 0 saturated carbocycles. The van der Waals surface area contributed by atoms with Gasteiger partial charge in [-0.25, -0.2) is 4.79 Å². The summed E-state index contributed by atoms with van der Waals surface area (Å²) in [5.41, 5.74) is 0.478. The summed E-state index contributed by atoms with van der Waals surface area (Å²) in [7, 11) is 0. The van der Waals surface area contributed by atoms with Crippen LogP contribution in [-0.4, -0.2) is 22.2 Å². The minimum absolute atomic E-state index is 0.00882. The molecule has 0 aromatic heterocycles. The largest absolute Gasteiger partial charge is 0.481 e. The van der Waals surface area contributed by atoms with Gasteiger partial charge in [-0.05, 0) is 30.9 Å². The molecule has 4 heteroatoms. The number of carboxylic acid groups (broad SMARTS) is 2. The monoisotopic (exact) mass is 272 g/mol. The van der Waals surface area contributed by atoms with E-state index in [1.807, 2.05) is 30.3 Å². The Morgan fingerprint density at radius 2 is 1.85 bits per heavy atom. The SMILES string of the molecule is CC1=C(C(=O)O)CC(Cc2ccccc2)(C(=O)O)C=C1. The van der Waals surface area contributed by atoms with Gasteiger partial charge in [0.15, 0.2) is 0 Å². The summed E-state index contributed by atoms with van der Waals surface area (Å²) in [6.07, 6.45) is 3.51. The standard InChI is InChI=1S/C16H16O4/c1-11-7-8-16(15(19)20,10-13(11)14(17)18)9-12-5-3-2-4-6-12/h2-8H,9-10H2,1H3,(H,17,18)(H,19,20). The van der Waals surface area contributed by atoms with Crippen molar-refractivity contribution in [3.63, 3.8) is 0 Å². The molecule has 1 aliphatic rings. The molecule has 0 heterocycles. The maximum absolute atomic E-state index is 11.7. The molecule has 1 aromatic carbocycles. The van der Waals surface area contributed by atoms with Crippen LogP contribution in [0.25, 0.3) is 0 Å². The Labute approximate surface area is 117 Å². The number of hydrogen-bond acceptors (Lipinski definition) is 2. The van der Waals surface area contributed by atoms with Crippen molar-refractivity contribution >= 4 is 11.9 Å². The van der Waals surface area contributed by atoms with E-state index in [1.54, 1.807) is 19.1 Å². The van der Waals surface area contributed by atoms with E-state index in [4.69, 9.17) is 0 Å². The fourth-order valence-electron chi connectivity index (χ4n) is 2.45. The highest BCUT2D eigenvalue weighted by Gasteiger charge is 2.40. The van der Waals surface area contributed by atoms with E-state index in [0.29, 0.717) is 5.57 Å². The quantitative estimate of drug-likeness (QED) is 0.883. The Balaban J connectivity index is 2.37. The van der Waals surface area contributed by atoms with Gasteiger partial charge in [-0.15, -0.1) is 0 Å². The number of benzene rings is 1. The molecule has 104 valence electrons. The number of rotatable bonds is 4. The smallest absolute Gasteiger partial charge is 0.331 e. The van der Waals surface area contributed by atoms with Gasteiger partial charge in [-0.1, -0.05) is 42.5 Å². The molecule has 0 bridgehead atoms. The average Bonchev–Trinajstić information content (AvgIpc) is 2.42. The van der Waals surface area contributed by atoms with Crippen molar-refractivity contribution in [3.05, 3.63) is 59.2 Å². The van der Waals surface area contributed by atoms with Gasteiger partial charge in [0, 0.05) is 5.57 Å². The maximum atomic E-state index is 11.7. The van der Waals surface area contributed by atoms with Crippen molar-refractivity contribution in [1.29, 1.82) is 0 Å². The summed E-state index contributed by atoms with van der Waals surface area (Å²) in [6.45, 7) is 1.69. The number of aliphatic carboxylic acids is 2. The van der Waals surface area contributed by atoms with Crippen LogP contribution in [0.3, 0.4) is 0 Å². The first kappa shape index (κ1) is 14.1. The predicted octanol–water partition coefficient (Wildman–Crippen LogP) is 2.66. The van der Waals surface area contributed by atoms with Gasteiger partial charge >= 0.3 is 11.9 Å². The first-order valence-electron chi connectivity index (χ1n) is 6.34. The first-order valence-corrected chi connectivity index (χ1v) is 6.34. The summed E-state index contributed by atoms with van der Waals surface area (Å²) in [4.78, 5) is 22.9. The van der Waals surface area contributed by atoms with E-state index in [-0.39, 0.29) is 18.4 Å². The Morgan fingerprint density at radius 1 is 1.20 bits per heavy atom. The van der Waals surface area contributed by atoms with Gasteiger partial charge in [-0.3, -0.25) is 4.79 Å². The van der Waals surface area contributed by atoms with Crippen LogP contribution in [0, 0.1) is 5.41 Å². The average molecular weight is 272 g/mol. The topological polar surface area (TPSA) is 74.6 Å². The molecule has 0 radical (unpaired) electrons. The number of carbonyl (C=O) groups is 2. The first-order chi connectivity index (χ1) is 9.44. The maximum Gasteiger partial charge on any atom is 0.331 e. The molecule has 0 amide bonds. The summed E-state index contributed by atoms with van der Waals surface area (Å²) < 4.78 is 0. The van der Waals surface area contributed by atoms with Gasteiger partial charge in [0.05, 0.1) is 5.41 Å². The van der Waals surface area contributed by atoms with E-state index in [2.05, 4.69) is 0 Å². The highest BCUT2D eigenvalue weighted by molar-refractivity contribution is 5.91. The van der Waals surface area contributed by atoms with Crippen molar-refractivity contribution in [2.75, 3.05) is 0 Å². The van der Waals surface area contributed by atoms with Crippen LogP contribution in [0.15, 0.2) is 53.6 Å². The van der Waals surface area contributed by atoms with Crippen molar-refractivity contribution < 1.29 is 19.8 Å². The molecule has 0 fully saturated rings. The van der Waals surface area contributed by atoms with Crippen LogP contribution in [0.2, 0.25) is 0 Å². The van der Waals surface area contributed by atoms with E-state index >= 15 is 0 Å². The third kappa shape index (κ3) is 2.64. The van der Waals surface area contributed by atoms with Gasteiger partial charge in [-0.2, -0.15) is 0 Å². The lowest BCUT2D eigenvalue weighted by atomic mass is 9.72. The van der Waals surface area contributed by atoms with Crippen LogP contribution in [0.1, 0.15) is 18.9 Å². The third-order valence-electron chi connectivity index (χ3n) is 3.67. The lowest BCUT2D eigenvalue weighted by Crippen LogP contribution is -2.34. The van der Waals surface area contributed by atoms with Crippen LogP contribution < -0.4 is 0 Å². The molecule has 0 saturated heterocycles. The predicted molar refractivity (Wildman–Crippen MR) is 74.3 cm³/mol. The molecule has 1 unspecified atom stereocenters. The lowest BCUT2D eigenvalue weighted by Gasteiger charge is -2.30. The van der Waals surface area contributed by atoms with Crippen LogP contribution in [0.5, 0.6) is 0 Å². The fraction of sp³-hybridized carbons (Fsp3) is 0.250. The summed E-state index contributed by atoms with van der Waals surface area (Å²) in [5, 5.41) is 18.8. The molecule has 0 aliphatic heterocycles. The second-order valence-corrected chi connectivity index (χ2v) is 5.10. The van der Waals surface area contributed by atoms with Gasteiger partial charge in [0.25, 0.3) is 0 Å². The minimum atomic E-state index is -1.19. The molecule has 2 rings (SSSR count). The van der Waals surface area contributed by atoms with Crippen LogP contribution >= 0.6 is 0 Å². The number of allylic oxidation sites excluding steroid dienone is 2. The highest BCUT2D eigenvalue weighted by Crippen LogP contribution is 2.37. The zero-order valence-electron chi connectivity index (χ0n) is 11.2.